The van der Waals surface area contributed by atoms with E-state index in [1.54, 1.807) is 0 Å². The first-order valence-electron chi connectivity index (χ1n) is 7.88. The van der Waals surface area contributed by atoms with Crippen LogP contribution in [-0.4, -0.2) is 48.5 Å². The molecular formula is C15H32IN5O. The van der Waals surface area contributed by atoms with Crippen molar-refractivity contribution in [1.82, 2.24) is 10.2 Å². The minimum Gasteiger partial charge on any atom is -0.370 e. The number of halogens is 1. The standard InChI is InChI=1S/C15H31N5O.HI/c1-15(2,3)19-14(17)18-8-4-5-9-20-10-6-12(7-11-20)13(16)21;/h12H,4-11H2,1-3H3,(H2,16,21)(H3,17,18,19);1H. The quantitative estimate of drug-likeness (QED) is 0.259. The van der Waals surface area contributed by atoms with E-state index in [9.17, 15) is 4.79 Å². The summed E-state index contributed by atoms with van der Waals surface area (Å²) in [4.78, 5) is 17.8. The Hall–Kier alpha value is -0.570. The van der Waals surface area contributed by atoms with Gasteiger partial charge in [0, 0.05) is 18.0 Å². The molecule has 0 aromatic carbocycles. The van der Waals surface area contributed by atoms with Gasteiger partial charge in [0.25, 0.3) is 0 Å². The lowest BCUT2D eigenvalue weighted by molar-refractivity contribution is -0.123. The largest absolute Gasteiger partial charge is 0.370 e. The first-order chi connectivity index (χ1) is 9.78. The van der Waals surface area contributed by atoms with Gasteiger partial charge in [-0.3, -0.25) is 9.79 Å². The molecule has 7 heteroatoms. The van der Waals surface area contributed by atoms with Gasteiger partial charge in [-0.1, -0.05) is 0 Å². The molecule has 1 aliphatic heterocycles. The van der Waals surface area contributed by atoms with Crippen LogP contribution in [-0.2, 0) is 4.79 Å². The molecule has 1 rings (SSSR count). The number of rotatable bonds is 6. The van der Waals surface area contributed by atoms with Gasteiger partial charge in [0.1, 0.15) is 0 Å². The van der Waals surface area contributed by atoms with E-state index in [0.717, 1.165) is 51.9 Å². The van der Waals surface area contributed by atoms with Crippen LogP contribution >= 0.6 is 24.0 Å². The number of aliphatic imine (C=N–C) groups is 1. The maximum atomic E-state index is 11.1. The molecule has 0 radical (unpaired) electrons. The summed E-state index contributed by atoms with van der Waals surface area (Å²) in [6, 6.07) is 0. The van der Waals surface area contributed by atoms with E-state index in [2.05, 4.69) is 36.0 Å². The maximum Gasteiger partial charge on any atom is 0.220 e. The van der Waals surface area contributed by atoms with Gasteiger partial charge in [0.15, 0.2) is 5.96 Å². The molecule has 0 aliphatic carbocycles. The highest BCUT2D eigenvalue weighted by Gasteiger charge is 2.22. The Morgan fingerprint density at radius 2 is 1.82 bits per heavy atom. The number of nitrogens with zero attached hydrogens (tertiary/aromatic N) is 2. The smallest absolute Gasteiger partial charge is 0.220 e. The van der Waals surface area contributed by atoms with Gasteiger partial charge >= 0.3 is 0 Å². The second-order valence-corrected chi connectivity index (χ2v) is 6.87. The Balaban J connectivity index is 0.00000441. The van der Waals surface area contributed by atoms with Gasteiger partial charge in [-0.25, -0.2) is 0 Å². The van der Waals surface area contributed by atoms with E-state index in [1.807, 2.05) is 0 Å². The van der Waals surface area contributed by atoms with E-state index >= 15 is 0 Å². The van der Waals surface area contributed by atoms with Crippen LogP contribution in [0.5, 0.6) is 0 Å². The van der Waals surface area contributed by atoms with Crippen molar-refractivity contribution < 1.29 is 4.79 Å². The number of nitrogens with two attached hydrogens (primary N) is 2. The lowest BCUT2D eigenvalue weighted by atomic mass is 9.96. The van der Waals surface area contributed by atoms with Crippen molar-refractivity contribution in [2.45, 2.75) is 52.0 Å². The number of hydrogen-bond acceptors (Lipinski definition) is 3. The fourth-order valence-electron chi connectivity index (χ4n) is 2.51. The second kappa shape index (κ2) is 10.3. The minimum atomic E-state index is -0.147. The number of amides is 1. The molecule has 1 heterocycles. The number of primary amides is 1. The summed E-state index contributed by atoms with van der Waals surface area (Å²) in [5, 5.41) is 3.15. The zero-order chi connectivity index (χ0) is 15.9. The van der Waals surface area contributed by atoms with Crippen molar-refractivity contribution in [3.8, 4) is 0 Å². The molecule has 1 amide bonds. The number of carbonyl (C=O) groups is 1. The molecule has 6 nitrogen and oxygen atoms in total. The number of carbonyl (C=O) groups excluding carboxylic acids is 1. The Bertz CT molecular complexity index is 359. The van der Waals surface area contributed by atoms with Crippen LogP contribution in [0.3, 0.4) is 0 Å². The van der Waals surface area contributed by atoms with Gasteiger partial charge in [0.2, 0.25) is 5.91 Å². The van der Waals surface area contributed by atoms with Crippen LogP contribution in [0, 0.1) is 5.92 Å². The predicted molar refractivity (Wildman–Crippen MR) is 102 cm³/mol. The van der Waals surface area contributed by atoms with Crippen molar-refractivity contribution >= 4 is 35.8 Å². The number of nitrogens with one attached hydrogen (secondary N) is 1. The van der Waals surface area contributed by atoms with Crippen LogP contribution in [0.25, 0.3) is 0 Å². The molecule has 1 saturated heterocycles. The summed E-state index contributed by atoms with van der Waals surface area (Å²) in [6.45, 7) is 9.96. The van der Waals surface area contributed by atoms with Crippen molar-refractivity contribution in [2.75, 3.05) is 26.2 Å². The molecule has 22 heavy (non-hydrogen) atoms. The average molecular weight is 425 g/mol. The first kappa shape index (κ1) is 21.4. The lowest BCUT2D eigenvalue weighted by Gasteiger charge is -2.30. The van der Waals surface area contributed by atoms with Crippen LogP contribution < -0.4 is 16.8 Å². The van der Waals surface area contributed by atoms with Crippen molar-refractivity contribution in [3.05, 3.63) is 0 Å². The van der Waals surface area contributed by atoms with E-state index < -0.39 is 0 Å². The monoisotopic (exact) mass is 425 g/mol. The molecule has 0 spiro atoms. The average Bonchev–Trinajstić information content (AvgIpc) is 2.36. The zero-order valence-electron chi connectivity index (χ0n) is 14.1. The lowest BCUT2D eigenvalue weighted by Crippen LogP contribution is -2.45. The van der Waals surface area contributed by atoms with Gasteiger partial charge in [-0.05, 0) is 66.1 Å². The van der Waals surface area contributed by atoms with Gasteiger partial charge in [-0.2, -0.15) is 0 Å². The molecule has 0 unspecified atom stereocenters. The highest BCUT2D eigenvalue weighted by Crippen LogP contribution is 2.16. The number of unbranched alkanes of at least 4 members (excludes halogenated alkanes) is 1. The molecule has 130 valence electrons. The summed E-state index contributed by atoms with van der Waals surface area (Å²) in [5.74, 6) is 0.449. The predicted octanol–water partition coefficient (Wildman–Crippen LogP) is 1.28. The van der Waals surface area contributed by atoms with Gasteiger partial charge in [-0.15, -0.1) is 24.0 Å². The van der Waals surface area contributed by atoms with Crippen LogP contribution in [0.1, 0.15) is 46.5 Å². The normalized spacial score (nSPS) is 17.9. The molecule has 0 aromatic rings. The third kappa shape index (κ3) is 9.45. The summed E-state index contributed by atoms with van der Waals surface area (Å²) in [6.07, 6.45) is 3.93. The molecule has 0 saturated carbocycles. The van der Waals surface area contributed by atoms with E-state index in [0.29, 0.717) is 5.96 Å². The molecule has 0 bridgehead atoms. The minimum absolute atomic E-state index is 0. The topological polar surface area (TPSA) is 96.7 Å². The fourth-order valence-corrected chi connectivity index (χ4v) is 2.51. The van der Waals surface area contributed by atoms with Crippen LogP contribution in [0.2, 0.25) is 0 Å². The molecule has 0 atom stereocenters. The highest BCUT2D eigenvalue weighted by molar-refractivity contribution is 14.0. The first-order valence-corrected chi connectivity index (χ1v) is 7.88. The zero-order valence-corrected chi connectivity index (χ0v) is 16.4. The van der Waals surface area contributed by atoms with Crippen molar-refractivity contribution in [1.29, 1.82) is 0 Å². The van der Waals surface area contributed by atoms with E-state index in [1.165, 1.54) is 0 Å². The SMILES string of the molecule is CC(C)(C)NC(N)=NCCCCN1CCC(C(N)=O)CC1.I. The van der Waals surface area contributed by atoms with Gasteiger partial charge in [0.05, 0.1) is 0 Å². The number of hydrogen-bond donors (Lipinski definition) is 3. The summed E-state index contributed by atoms with van der Waals surface area (Å²) in [5.41, 5.74) is 11.1. The second-order valence-electron chi connectivity index (χ2n) is 6.87. The number of piperidine rings is 1. The molecular weight excluding hydrogens is 393 g/mol. The number of guanidine groups is 1. The van der Waals surface area contributed by atoms with Crippen molar-refractivity contribution in [2.24, 2.45) is 22.4 Å². The van der Waals surface area contributed by atoms with E-state index in [4.69, 9.17) is 11.5 Å². The summed E-state index contributed by atoms with van der Waals surface area (Å²) in [7, 11) is 0. The summed E-state index contributed by atoms with van der Waals surface area (Å²) < 4.78 is 0. The molecule has 5 N–H and O–H groups in total. The molecule has 1 fully saturated rings. The van der Waals surface area contributed by atoms with Gasteiger partial charge < -0.3 is 21.7 Å². The van der Waals surface area contributed by atoms with Crippen LogP contribution in [0.15, 0.2) is 4.99 Å². The third-order valence-corrected chi connectivity index (χ3v) is 3.66. The Labute approximate surface area is 151 Å². The van der Waals surface area contributed by atoms with E-state index in [-0.39, 0.29) is 41.3 Å². The maximum absolute atomic E-state index is 11.1. The third-order valence-electron chi connectivity index (χ3n) is 3.66. The van der Waals surface area contributed by atoms with Crippen molar-refractivity contribution in [3.63, 3.8) is 0 Å². The summed E-state index contributed by atoms with van der Waals surface area (Å²) >= 11 is 0. The Kier molecular flexibility index (Phi) is 9.99. The fraction of sp³-hybridized carbons (Fsp3) is 0.867. The van der Waals surface area contributed by atoms with Crippen LogP contribution in [0.4, 0.5) is 0 Å². The molecule has 0 aromatic heterocycles. The number of likely N-dealkylation sites (tertiary alicyclic amines) is 1. The Morgan fingerprint density at radius 1 is 1.23 bits per heavy atom. The Morgan fingerprint density at radius 3 is 2.32 bits per heavy atom. The highest BCUT2D eigenvalue weighted by atomic mass is 127. The molecule has 1 aliphatic rings.